The van der Waals surface area contributed by atoms with Crippen LogP contribution in [0.3, 0.4) is 0 Å². The summed E-state index contributed by atoms with van der Waals surface area (Å²) in [5.74, 6) is 1.42. The summed E-state index contributed by atoms with van der Waals surface area (Å²) in [6, 6.07) is 11.9. The van der Waals surface area contributed by atoms with Gasteiger partial charge in [-0.15, -0.1) is 10.2 Å². The highest BCUT2D eigenvalue weighted by Crippen LogP contribution is 2.34. The van der Waals surface area contributed by atoms with Crippen molar-refractivity contribution in [2.75, 3.05) is 25.7 Å². The number of fused-ring (bicyclic) bond motifs is 1. The Bertz CT molecular complexity index is 1390. The van der Waals surface area contributed by atoms with Gasteiger partial charge in [0.05, 0.1) is 43.3 Å². The van der Waals surface area contributed by atoms with Gasteiger partial charge in [0.1, 0.15) is 24.2 Å². The first-order chi connectivity index (χ1) is 16.6. The molecule has 0 aliphatic carbocycles. The van der Waals surface area contributed by atoms with Crippen LogP contribution in [0.1, 0.15) is 0 Å². The number of anilines is 2. The minimum absolute atomic E-state index is 0.662. The fourth-order valence-electron chi connectivity index (χ4n) is 3.77. The third kappa shape index (κ3) is 4.38. The second-order valence-electron chi connectivity index (χ2n) is 7.75. The SMILES string of the molecule is COc1cc(OC)cc(N(CCn2cnnc2)c2ccc3ncc(-c4cnn(C)c4)nc3c2)c1. The third-order valence-electron chi connectivity index (χ3n) is 5.53. The maximum absolute atomic E-state index is 5.51. The van der Waals surface area contributed by atoms with E-state index in [9.17, 15) is 0 Å². The number of aryl methyl sites for hydroxylation is 1. The highest BCUT2D eigenvalue weighted by molar-refractivity contribution is 5.82. The van der Waals surface area contributed by atoms with Gasteiger partial charge in [0.15, 0.2) is 0 Å². The van der Waals surface area contributed by atoms with Gasteiger partial charge in [0.25, 0.3) is 0 Å². The molecule has 3 heterocycles. The van der Waals surface area contributed by atoms with Gasteiger partial charge in [0.2, 0.25) is 0 Å². The third-order valence-corrected chi connectivity index (χ3v) is 5.53. The van der Waals surface area contributed by atoms with Crippen molar-refractivity contribution >= 4 is 22.4 Å². The number of methoxy groups -OCH3 is 2. The van der Waals surface area contributed by atoms with E-state index in [0.717, 1.165) is 33.7 Å². The molecule has 34 heavy (non-hydrogen) atoms. The number of hydrogen-bond acceptors (Lipinski definition) is 8. The molecule has 0 aliphatic heterocycles. The molecule has 0 radical (unpaired) electrons. The minimum atomic E-state index is 0.662. The highest BCUT2D eigenvalue weighted by Gasteiger charge is 2.15. The zero-order valence-electron chi connectivity index (χ0n) is 19.2. The van der Waals surface area contributed by atoms with E-state index in [4.69, 9.17) is 14.5 Å². The average Bonchev–Trinajstić information content (AvgIpc) is 3.55. The van der Waals surface area contributed by atoms with E-state index in [0.29, 0.717) is 24.6 Å². The number of benzene rings is 2. The topological polar surface area (TPSA) is 96.0 Å². The van der Waals surface area contributed by atoms with Gasteiger partial charge in [-0.3, -0.25) is 9.67 Å². The first-order valence-electron chi connectivity index (χ1n) is 10.7. The van der Waals surface area contributed by atoms with E-state index in [1.165, 1.54) is 0 Å². The summed E-state index contributed by atoms with van der Waals surface area (Å²) in [5, 5.41) is 12.1. The Kier molecular flexibility index (Phi) is 5.77. The molecular formula is C24H24N8O2. The summed E-state index contributed by atoms with van der Waals surface area (Å²) < 4.78 is 14.7. The second kappa shape index (κ2) is 9.18. The highest BCUT2D eigenvalue weighted by atomic mass is 16.5. The van der Waals surface area contributed by atoms with E-state index < -0.39 is 0 Å². The molecule has 5 rings (SSSR count). The molecule has 0 fully saturated rings. The lowest BCUT2D eigenvalue weighted by atomic mass is 10.2. The molecular weight excluding hydrogens is 432 g/mol. The monoisotopic (exact) mass is 456 g/mol. The molecule has 0 unspecified atom stereocenters. The molecule has 172 valence electrons. The fourth-order valence-corrected chi connectivity index (χ4v) is 3.77. The van der Waals surface area contributed by atoms with E-state index >= 15 is 0 Å². The number of hydrogen-bond donors (Lipinski definition) is 0. The molecule has 0 N–H and O–H groups in total. The quantitative estimate of drug-likeness (QED) is 0.350. The zero-order valence-corrected chi connectivity index (χ0v) is 19.2. The number of nitrogens with zero attached hydrogens (tertiary/aromatic N) is 8. The van der Waals surface area contributed by atoms with Crippen LogP contribution in [0.5, 0.6) is 11.5 Å². The van der Waals surface area contributed by atoms with Crippen LogP contribution < -0.4 is 14.4 Å². The summed E-state index contributed by atoms with van der Waals surface area (Å²) >= 11 is 0. The van der Waals surface area contributed by atoms with Crippen molar-refractivity contribution in [3.8, 4) is 22.8 Å². The van der Waals surface area contributed by atoms with Crippen LogP contribution in [0.25, 0.3) is 22.3 Å². The van der Waals surface area contributed by atoms with Crippen LogP contribution in [0, 0.1) is 0 Å². The normalized spacial score (nSPS) is 11.0. The van der Waals surface area contributed by atoms with Crippen LogP contribution in [0.2, 0.25) is 0 Å². The molecule has 0 saturated heterocycles. The largest absolute Gasteiger partial charge is 0.497 e. The molecule has 0 spiro atoms. The first kappa shape index (κ1) is 21.4. The molecule has 0 bridgehead atoms. The Morgan fingerprint density at radius 1 is 0.882 bits per heavy atom. The van der Waals surface area contributed by atoms with Crippen LogP contribution in [0.4, 0.5) is 11.4 Å². The molecule has 0 amide bonds. The van der Waals surface area contributed by atoms with Crippen molar-refractivity contribution in [2.24, 2.45) is 7.05 Å². The molecule has 0 aliphatic rings. The summed E-state index contributed by atoms with van der Waals surface area (Å²) in [6.45, 7) is 1.35. The lowest BCUT2D eigenvalue weighted by Gasteiger charge is -2.26. The summed E-state index contributed by atoms with van der Waals surface area (Å²) in [5.41, 5.74) is 5.20. The van der Waals surface area contributed by atoms with E-state index in [1.807, 2.05) is 54.2 Å². The predicted octanol–water partition coefficient (Wildman–Crippen LogP) is 3.48. The summed E-state index contributed by atoms with van der Waals surface area (Å²) in [7, 11) is 5.17. The molecule has 5 aromatic rings. The maximum Gasteiger partial charge on any atom is 0.124 e. The number of ether oxygens (including phenoxy) is 2. The predicted molar refractivity (Wildman–Crippen MR) is 128 cm³/mol. The van der Waals surface area contributed by atoms with Gasteiger partial charge >= 0.3 is 0 Å². The van der Waals surface area contributed by atoms with Crippen molar-refractivity contribution in [1.82, 2.24) is 34.5 Å². The standard InChI is InChI=1S/C24H24N8O2/c1-30-14-17(12-28-30)24-13-25-22-5-4-18(10-23(22)29-24)32(7-6-31-15-26-27-16-31)19-8-20(33-2)11-21(9-19)34-3/h4-5,8-16H,6-7H2,1-3H3. The van der Waals surface area contributed by atoms with Crippen molar-refractivity contribution in [1.29, 1.82) is 0 Å². The Labute approximate surface area is 196 Å². The van der Waals surface area contributed by atoms with E-state index in [1.54, 1.807) is 43.9 Å². The first-order valence-corrected chi connectivity index (χ1v) is 10.7. The van der Waals surface area contributed by atoms with Gasteiger partial charge in [-0.1, -0.05) is 0 Å². The van der Waals surface area contributed by atoms with Gasteiger partial charge in [-0.2, -0.15) is 5.10 Å². The average molecular weight is 457 g/mol. The lowest BCUT2D eigenvalue weighted by Crippen LogP contribution is -2.22. The number of rotatable bonds is 8. The fraction of sp³-hybridized carbons (Fsp3) is 0.208. The van der Waals surface area contributed by atoms with Crippen molar-refractivity contribution < 1.29 is 9.47 Å². The van der Waals surface area contributed by atoms with Crippen LogP contribution in [-0.2, 0) is 13.6 Å². The molecule has 10 nitrogen and oxygen atoms in total. The Morgan fingerprint density at radius 2 is 1.65 bits per heavy atom. The minimum Gasteiger partial charge on any atom is -0.497 e. The zero-order chi connectivity index (χ0) is 23.5. The Hall–Kier alpha value is -4.47. The Morgan fingerprint density at radius 3 is 2.32 bits per heavy atom. The second-order valence-corrected chi connectivity index (χ2v) is 7.75. The summed E-state index contributed by atoms with van der Waals surface area (Å²) in [4.78, 5) is 11.6. The van der Waals surface area contributed by atoms with Gasteiger partial charge in [0, 0.05) is 61.5 Å². The molecule has 10 heteroatoms. The van der Waals surface area contributed by atoms with Crippen molar-refractivity contribution in [3.05, 3.63) is 67.6 Å². The molecule has 3 aromatic heterocycles. The molecule has 0 saturated carbocycles. The lowest BCUT2D eigenvalue weighted by molar-refractivity contribution is 0.394. The van der Waals surface area contributed by atoms with Gasteiger partial charge in [-0.25, -0.2) is 4.98 Å². The maximum atomic E-state index is 5.51. The smallest absolute Gasteiger partial charge is 0.124 e. The van der Waals surface area contributed by atoms with E-state index in [-0.39, 0.29) is 0 Å². The van der Waals surface area contributed by atoms with Crippen molar-refractivity contribution in [2.45, 2.75) is 6.54 Å². The van der Waals surface area contributed by atoms with Crippen LogP contribution in [-0.4, -0.2) is 55.3 Å². The van der Waals surface area contributed by atoms with E-state index in [2.05, 4.69) is 25.2 Å². The van der Waals surface area contributed by atoms with Crippen LogP contribution >= 0.6 is 0 Å². The van der Waals surface area contributed by atoms with Crippen molar-refractivity contribution in [3.63, 3.8) is 0 Å². The molecule has 0 atom stereocenters. The summed E-state index contributed by atoms with van der Waals surface area (Å²) in [6.07, 6.45) is 8.89. The number of aromatic nitrogens is 7. The molecule has 2 aromatic carbocycles. The van der Waals surface area contributed by atoms with Crippen LogP contribution in [0.15, 0.2) is 67.6 Å². The van der Waals surface area contributed by atoms with Gasteiger partial charge < -0.3 is 18.9 Å². The van der Waals surface area contributed by atoms with Gasteiger partial charge in [-0.05, 0) is 18.2 Å². The Balaban J connectivity index is 1.57.